The van der Waals surface area contributed by atoms with Crippen LogP contribution >= 0.6 is 11.8 Å². The van der Waals surface area contributed by atoms with Gasteiger partial charge in [0.15, 0.2) is 12.4 Å². The van der Waals surface area contributed by atoms with Gasteiger partial charge in [-0.1, -0.05) is 24.3 Å². The zero-order chi connectivity index (χ0) is 17.3. The van der Waals surface area contributed by atoms with Crippen LogP contribution < -0.4 is 23.2 Å². The van der Waals surface area contributed by atoms with E-state index in [2.05, 4.69) is 78.7 Å². The molecule has 23 heavy (non-hydrogen) atoms. The Labute approximate surface area is 142 Å². The molecule has 124 valence electrons. The Balaban J connectivity index is 0.000000463. The number of benzene rings is 1. The summed E-state index contributed by atoms with van der Waals surface area (Å²) in [6, 6.07) is 12.9. The monoisotopic (exact) mass is 355 g/mol. The van der Waals surface area contributed by atoms with Gasteiger partial charge in [-0.25, -0.2) is 23.2 Å². The van der Waals surface area contributed by atoms with E-state index >= 15 is 0 Å². The molecule has 0 atom stereocenters. The van der Waals surface area contributed by atoms with Gasteiger partial charge in [-0.05, 0) is 36.4 Å². The first-order valence-corrected chi connectivity index (χ1v) is 9.20. The van der Waals surface area contributed by atoms with Gasteiger partial charge in [-0.15, -0.1) is 22.0 Å². The molecule has 0 saturated carbocycles. The second kappa shape index (κ2) is 9.67. The molecule has 5 nitrogen and oxygen atoms in total. The van der Waals surface area contributed by atoms with Crippen LogP contribution in [-0.2, 0) is 6.54 Å². The van der Waals surface area contributed by atoms with Crippen LogP contribution in [0.15, 0.2) is 53.7 Å². The molecular formula is C16H18ClNO4S. The quantitative estimate of drug-likeness (QED) is 0.524. The maximum absolute atomic E-state index is 8.49. The predicted molar refractivity (Wildman–Crippen MR) is 79.5 cm³/mol. The molecule has 0 fully saturated rings. The van der Waals surface area contributed by atoms with Crippen molar-refractivity contribution in [1.82, 2.24) is 0 Å². The van der Waals surface area contributed by atoms with Gasteiger partial charge in [0.05, 0.1) is 0 Å². The van der Waals surface area contributed by atoms with Crippen molar-refractivity contribution in [2.75, 3.05) is 6.26 Å². The Morgan fingerprint density at radius 1 is 0.913 bits per heavy atom. The van der Waals surface area contributed by atoms with Crippen molar-refractivity contribution in [3.8, 4) is 0 Å². The van der Waals surface area contributed by atoms with Crippen LogP contribution in [0.25, 0.3) is 12.2 Å². The number of aromatic nitrogens is 1. The number of hydrogen-bond acceptors (Lipinski definition) is 5. The molecule has 2 aromatic rings. The van der Waals surface area contributed by atoms with E-state index in [0.717, 1.165) is 6.54 Å². The van der Waals surface area contributed by atoms with Crippen molar-refractivity contribution >= 4 is 23.9 Å². The maximum Gasteiger partial charge on any atom is 0.169 e. The summed E-state index contributed by atoms with van der Waals surface area (Å²) in [6.45, 7) is 3.16. The normalized spacial score (nSPS) is 11.2. The zero-order valence-corrected chi connectivity index (χ0v) is 14.4. The fourth-order valence-electron chi connectivity index (χ4n) is 1.70. The molecule has 1 aromatic heterocycles. The minimum Gasteiger partial charge on any atom is -0.222 e. The van der Waals surface area contributed by atoms with Crippen LogP contribution in [0.1, 0.15) is 18.1 Å². The molecule has 0 N–H and O–H groups in total. The van der Waals surface area contributed by atoms with Crippen molar-refractivity contribution in [1.29, 1.82) is 0 Å². The van der Waals surface area contributed by atoms with Crippen LogP contribution in [-0.4, -0.2) is 6.26 Å². The molecule has 0 unspecified atom stereocenters. The third-order valence-corrected chi connectivity index (χ3v) is 3.61. The van der Waals surface area contributed by atoms with E-state index in [1.165, 1.54) is 16.0 Å². The molecule has 0 bridgehead atoms. The van der Waals surface area contributed by atoms with Gasteiger partial charge in [-0.3, -0.25) is 0 Å². The number of aryl methyl sites for hydroxylation is 1. The molecule has 0 aliphatic rings. The van der Waals surface area contributed by atoms with Crippen LogP contribution in [0.2, 0.25) is 0 Å². The van der Waals surface area contributed by atoms with E-state index in [9.17, 15) is 0 Å². The molecule has 2 rings (SSSR count). The van der Waals surface area contributed by atoms with Crippen molar-refractivity contribution in [2.45, 2.75) is 18.4 Å². The Morgan fingerprint density at radius 2 is 1.35 bits per heavy atom. The summed E-state index contributed by atoms with van der Waals surface area (Å²) < 4.78 is 36.1. The fraction of sp³-hybridized carbons (Fsp3) is 0.188. The number of hydrogen-bond donors (Lipinski definition) is 0. The second-order valence-electron chi connectivity index (χ2n) is 4.45. The lowest BCUT2D eigenvalue weighted by Gasteiger charge is -2.17. The van der Waals surface area contributed by atoms with Crippen LogP contribution in [0, 0.1) is 10.2 Å². The Morgan fingerprint density at radius 3 is 1.74 bits per heavy atom. The summed E-state index contributed by atoms with van der Waals surface area (Å²) in [5.41, 5.74) is 2.47. The summed E-state index contributed by atoms with van der Waals surface area (Å²) in [4.78, 5) is 1.30. The molecular weight excluding hydrogens is 338 g/mol. The Bertz CT molecular complexity index is 554. The lowest BCUT2D eigenvalue weighted by Crippen LogP contribution is -2.68. The van der Waals surface area contributed by atoms with E-state index in [1.54, 1.807) is 11.8 Å². The highest BCUT2D eigenvalue weighted by molar-refractivity contribution is 7.98. The van der Waals surface area contributed by atoms with Crippen molar-refractivity contribution in [2.24, 2.45) is 0 Å². The highest BCUT2D eigenvalue weighted by atomic mass is 35.7. The SMILES string of the molecule is CC[n+]1ccc(/C=C/c2ccc(SC)cc2)cc1.[O-][Cl+3]([O-])([O-])[O-]. The van der Waals surface area contributed by atoms with Gasteiger partial charge in [0.1, 0.15) is 6.54 Å². The first-order chi connectivity index (χ1) is 10.8. The third kappa shape index (κ3) is 9.35. The first-order valence-electron chi connectivity index (χ1n) is 6.75. The molecule has 7 heteroatoms. The summed E-state index contributed by atoms with van der Waals surface area (Å²) >= 11 is 1.77. The average molecular weight is 356 g/mol. The predicted octanol–water partition coefficient (Wildman–Crippen LogP) is -0.870. The zero-order valence-electron chi connectivity index (χ0n) is 12.8. The summed E-state index contributed by atoms with van der Waals surface area (Å²) in [5.74, 6) is 0. The second-order valence-corrected chi connectivity index (χ2v) is 6.08. The largest absolute Gasteiger partial charge is 0.222 e. The Kier molecular flexibility index (Phi) is 8.25. The minimum absolute atomic E-state index is 1.01. The average Bonchev–Trinajstić information content (AvgIpc) is 2.52. The van der Waals surface area contributed by atoms with Gasteiger partial charge in [0.2, 0.25) is 0 Å². The molecule has 0 saturated heterocycles. The molecule has 1 heterocycles. The van der Waals surface area contributed by atoms with Crippen LogP contribution in [0.3, 0.4) is 0 Å². The highest BCUT2D eigenvalue weighted by Gasteiger charge is 1.95. The smallest absolute Gasteiger partial charge is 0.169 e. The molecule has 0 spiro atoms. The maximum atomic E-state index is 8.49. The van der Waals surface area contributed by atoms with Gasteiger partial charge in [0.25, 0.3) is 0 Å². The summed E-state index contributed by atoms with van der Waals surface area (Å²) in [7, 11) is -4.94. The van der Waals surface area contributed by atoms with Gasteiger partial charge < -0.3 is 0 Å². The van der Waals surface area contributed by atoms with E-state index in [1.807, 2.05) is 0 Å². The van der Waals surface area contributed by atoms with Crippen molar-refractivity contribution in [3.05, 3.63) is 59.9 Å². The molecule has 0 radical (unpaired) electrons. The lowest BCUT2D eigenvalue weighted by molar-refractivity contribution is -2.00. The van der Waals surface area contributed by atoms with Crippen molar-refractivity contribution in [3.63, 3.8) is 0 Å². The third-order valence-electron chi connectivity index (χ3n) is 2.87. The van der Waals surface area contributed by atoms with Gasteiger partial charge in [0, 0.05) is 17.0 Å². The van der Waals surface area contributed by atoms with Crippen molar-refractivity contribution < 1.29 is 33.4 Å². The number of halogens is 1. The fourth-order valence-corrected chi connectivity index (χ4v) is 2.11. The number of thioether (sulfide) groups is 1. The highest BCUT2D eigenvalue weighted by Crippen LogP contribution is 2.16. The van der Waals surface area contributed by atoms with E-state index in [4.69, 9.17) is 18.6 Å². The molecule has 0 amide bonds. The summed E-state index contributed by atoms with van der Waals surface area (Å²) in [5, 5.41) is 0. The van der Waals surface area contributed by atoms with E-state index in [-0.39, 0.29) is 0 Å². The van der Waals surface area contributed by atoms with Crippen LogP contribution in [0.4, 0.5) is 0 Å². The first kappa shape index (κ1) is 19.6. The molecule has 0 aliphatic carbocycles. The number of rotatable bonds is 4. The van der Waals surface area contributed by atoms with E-state index in [0.29, 0.717) is 0 Å². The summed E-state index contributed by atoms with van der Waals surface area (Å²) in [6.07, 6.45) is 10.6. The number of pyridine rings is 1. The van der Waals surface area contributed by atoms with Gasteiger partial charge >= 0.3 is 0 Å². The van der Waals surface area contributed by atoms with E-state index < -0.39 is 10.2 Å². The molecule has 0 aliphatic heterocycles. The topological polar surface area (TPSA) is 96.1 Å². The Hall–Kier alpha value is -1.41. The standard InChI is InChI=1S/C16H18NS.ClHO4/c1-3-17-12-10-15(11-13-17)5-4-14-6-8-16(18-2)9-7-14;2-1(3,4)5/h4-13H,3H2,1-2H3;(H,2,3,4,5)/q+1;/p-1/b5-4+;. The molecule has 1 aromatic carbocycles. The van der Waals surface area contributed by atoms with Gasteiger partial charge in [-0.2, -0.15) is 0 Å². The minimum atomic E-state index is -4.94. The lowest BCUT2D eigenvalue weighted by atomic mass is 10.1. The number of nitrogens with zero attached hydrogens (tertiary/aromatic N) is 1. The van der Waals surface area contributed by atoms with Crippen LogP contribution in [0.5, 0.6) is 0 Å².